The first-order valence-electron chi connectivity index (χ1n) is 19.9. The molecule has 0 radical (unpaired) electrons. The van der Waals surface area contributed by atoms with Crippen molar-refractivity contribution in [3.8, 4) is 11.3 Å². The van der Waals surface area contributed by atoms with Crippen molar-refractivity contribution in [3.63, 3.8) is 0 Å². The number of nitrogens with two attached hydrogens (primary N) is 1. The maximum atomic E-state index is 14.3. The Labute approximate surface area is 315 Å². The third-order valence-electron chi connectivity index (χ3n) is 11.9. The van der Waals surface area contributed by atoms with E-state index in [2.05, 4.69) is 38.0 Å². The lowest BCUT2D eigenvalue weighted by atomic mass is 9.75. The van der Waals surface area contributed by atoms with E-state index in [1.54, 1.807) is 9.58 Å². The molecule has 0 aliphatic carbocycles. The van der Waals surface area contributed by atoms with Gasteiger partial charge < -0.3 is 29.6 Å². The predicted molar refractivity (Wildman–Crippen MR) is 202 cm³/mol. The Hall–Kier alpha value is -3.51. The van der Waals surface area contributed by atoms with Crippen LogP contribution in [0.4, 0.5) is 10.5 Å². The van der Waals surface area contributed by atoms with Gasteiger partial charge in [0.25, 0.3) is 0 Å². The van der Waals surface area contributed by atoms with Gasteiger partial charge in [0.1, 0.15) is 17.6 Å². The van der Waals surface area contributed by atoms with Gasteiger partial charge in [0.05, 0.1) is 30.4 Å². The first-order chi connectivity index (χ1) is 25.1. The van der Waals surface area contributed by atoms with Crippen LogP contribution in [0.5, 0.6) is 0 Å². The minimum Gasteiger partial charge on any atom is -0.458 e. The Kier molecular flexibility index (Phi) is 13.3. The molecule has 12 heteroatoms. The van der Waals surface area contributed by atoms with E-state index >= 15 is 0 Å². The van der Waals surface area contributed by atoms with E-state index in [1.807, 2.05) is 65.1 Å². The number of carbonyl (C=O) groups excluding carboxylic acids is 3. The SMILES string of the molecule is CC[C@H]1OC(=O)[C@H](C)[C@@H](O[C@H]2C[C@H](C)C[C@H](C)O2)[C@H](C)C[C@@H](C)C[C@@H](C)C(=O)[C@H](C)[C@@H]2N(CCCCn3cc(-c4cccc(N)c4)nn3)C(=O)O[C@@]21C. The molecule has 1 aromatic carbocycles. The van der Waals surface area contributed by atoms with Crippen molar-refractivity contribution < 1.29 is 33.3 Å². The van der Waals surface area contributed by atoms with E-state index in [1.165, 1.54) is 0 Å². The van der Waals surface area contributed by atoms with Gasteiger partial charge in [-0.2, -0.15) is 0 Å². The summed E-state index contributed by atoms with van der Waals surface area (Å²) < 4.78 is 27.2. The molecule has 5 rings (SSSR count). The highest BCUT2D eigenvalue weighted by Gasteiger charge is 2.59. The van der Waals surface area contributed by atoms with Gasteiger partial charge in [-0.05, 0) is 89.2 Å². The zero-order valence-corrected chi connectivity index (χ0v) is 33.3. The molecule has 2 N–H and O–H groups in total. The van der Waals surface area contributed by atoms with Crippen LogP contribution >= 0.6 is 0 Å². The molecule has 4 heterocycles. The van der Waals surface area contributed by atoms with Gasteiger partial charge in [-0.1, -0.05) is 58.9 Å². The highest BCUT2D eigenvalue weighted by Crippen LogP contribution is 2.42. The lowest BCUT2D eigenvalue weighted by Crippen LogP contribution is -2.58. The molecule has 0 spiro atoms. The molecule has 0 bridgehead atoms. The van der Waals surface area contributed by atoms with Crippen molar-refractivity contribution >= 4 is 23.5 Å². The molecule has 12 atom stereocenters. The maximum Gasteiger partial charge on any atom is 0.410 e. The van der Waals surface area contributed by atoms with Crippen molar-refractivity contribution in [2.75, 3.05) is 12.3 Å². The van der Waals surface area contributed by atoms with Crippen LogP contribution in [0, 0.1) is 35.5 Å². The molecule has 12 nitrogen and oxygen atoms in total. The van der Waals surface area contributed by atoms with Crippen molar-refractivity contribution in [2.24, 2.45) is 35.5 Å². The minimum absolute atomic E-state index is 0.0100. The number of carbonyl (C=O) groups is 3. The molecule has 3 fully saturated rings. The number of aromatic nitrogens is 3. The third-order valence-corrected chi connectivity index (χ3v) is 11.9. The molecule has 1 amide bonds. The Morgan fingerprint density at radius 2 is 1.66 bits per heavy atom. The van der Waals surface area contributed by atoms with E-state index in [-0.39, 0.29) is 29.6 Å². The van der Waals surface area contributed by atoms with E-state index in [9.17, 15) is 14.4 Å². The topological polar surface area (TPSA) is 148 Å². The number of nitrogens with zero attached hydrogens (tertiary/aromatic N) is 4. The maximum absolute atomic E-state index is 14.3. The number of cyclic esters (lactones) is 1. The van der Waals surface area contributed by atoms with E-state index in [0.29, 0.717) is 50.4 Å². The Morgan fingerprint density at radius 3 is 2.36 bits per heavy atom. The van der Waals surface area contributed by atoms with Gasteiger partial charge in [-0.15, -0.1) is 5.10 Å². The molecule has 3 saturated heterocycles. The summed E-state index contributed by atoms with van der Waals surface area (Å²) in [5.74, 6) is -1.03. The first-order valence-corrected chi connectivity index (χ1v) is 19.9. The fourth-order valence-electron chi connectivity index (χ4n) is 9.32. The average Bonchev–Trinajstić information content (AvgIpc) is 3.67. The van der Waals surface area contributed by atoms with Crippen molar-refractivity contribution in [1.82, 2.24) is 19.9 Å². The number of fused-ring (bicyclic) bond motifs is 1. The van der Waals surface area contributed by atoms with Crippen LogP contribution in [0.25, 0.3) is 11.3 Å². The normalized spacial score (nSPS) is 36.1. The van der Waals surface area contributed by atoms with Crippen LogP contribution in [0.2, 0.25) is 0 Å². The molecule has 0 unspecified atom stereocenters. The number of anilines is 1. The van der Waals surface area contributed by atoms with Crippen LogP contribution in [0.15, 0.2) is 30.5 Å². The number of esters is 1. The monoisotopic (exact) mass is 737 g/mol. The second kappa shape index (κ2) is 17.3. The summed E-state index contributed by atoms with van der Waals surface area (Å²) in [6.07, 6.45) is 4.82. The van der Waals surface area contributed by atoms with Crippen LogP contribution in [0.3, 0.4) is 0 Å². The van der Waals surface area contributed by atoms with Gasteiger partial charge in [0, 0.05) is 42.6 Å². The van der Waals surface area contributed by atoms with Gasteiger partial charge in [-0.25, -0.2) is 4.79 Å². The molecule has 1 aromatic heterocycles. The third kappa shape index (κ3) is 9.42. The molecule has 0 saturated carbocycles. The lowest BCUT2D eigenvalue weighted by molar-refractivity contribution is -0.239. The summed E-state index contributed by atoms with van der Waals surface area (Å²) in [6.45, 7) is 19.0. The second-order valence-corrected chi connectivity index (χ2v) is 16.7. The highest BCUT2D eigenvalue weighted by atomic mass is 16.7. The number of unbranched alkanes of at least 4 members (excludes halogenated alkanes) is 1. The smallest absolute Gasteiger partial charge is 0.410 e. The summed E-state index contributed by atoms with van der Waals surface area (Å²) in [7, 11) is 0. The van der Waals surface area contributed by atoms with Crippen LogP contribution in [-0.2, 0) is 35.1 Å². The summed E-state index contributed by atoms with van der Waals surface area (Å²) in [4.78, 5) is 43.9. The van der Waals surface area contributed by atoms with Gasteiger partial charge in [0.15, 0.2) is 11.9 Å². The highest BCUT2D eigenvalue weighted by molar-refractivity contribution is 5.85. The summed E-state index contributed by atoms with van der Waals surface area (Å²) >= 11 is 0. The van der Waals surface area contributed by atoms with E-state index in [0.717, 1.165) is 30.5 Å². The Morgan fingerprint density at radius 1 is 0.943 bits per heavy atom. The van der Waals surface area contributed by atoms with Gasteiger partial charge >= 0.3 is 12.1 Å². The molecule has 53 heavy (non-hydrogen) atoms. The Bertz CT molecular complexity index is 1560. The van der Waals surface area contributed by atoms with Gasteiger partial charge in [0.2, 0.25) is 0 Å². The largest absolute Gasteiger partial charge is 0.458 e. The summed E-state index contributed by atoms with van der Waals surface area (Å²) in [5, 5.41) is 8.59. The predicted octanol–water partition coefficient (Wildman–Crippen LogP) is 7.30. The molecule has 2 aromatic rings. The van der Waals surface area contributed by atoms with Crippen molar-refractivity contribution in [1.29, 1.82) is 0 Å². The van der Waals surface area contributed by atoms with Crippen molar-refractivity contribution in [2.45, 2.75) is 150 Å². The molecule has 3 aliphatic rings. The average molecular weight is 738 g/mol. The number of rotatable bonds is 9. The summed E-state index contributed by atoms with van der Waals surface area (Å²) in [6, 6.07) is 6.90. The molecular formula is C41H63N5O7. The number of Topliss-reactive ketones (excluding diaryl/α,β-unsaturated/α-hetero) is 1. The number of ether oxygens (including phenoxy) is 4. The zero-order valence-electron chi connectivity index (χ0n) is 33.3. The Balaban J connectivity index is 1.35. The fourth-order valence-corrected chi connectivity index (χ4v) is 9.32. The molecule has 3 aliphatic heterocycles. The van der Waals surface area contributed by atoms with E-state index < -0.39 is 54.0 Å². The number of hydrogen-bond acceptors (Lipinski definition) is 10. The van der Waals surface area contributed by atoms with Crippen LogP contribution in [0.1, 0.15) is 107 Å². The number of ketones is 1. The quantitative estimate of drug-likeness (QED) is 0.158. The first kappa shape index (κ1) is 40.7. The number of hydrogen-bond donors (Lipinski definition) is 1. The standard InChI is InChI=1S/C41H63N5O7/c1-10-34-41(9)38(46(40(49)53-41)17-12-11-16-45-23-33(43-44-45)31-14-13-15-32(42)22-31)29(7)36(47)26(4)18-24(2)19-27(5)37(30(8)39(48)51-34)52-35-21-25(3)20-28(6)50-35/h13-15,22-30,34-35,37-38H,10-12,16-21,42H2,1-9H3/t24-,25+,26+,27+,28-,29-,30+,34+,35-,37-,38-,41+/m0/s1. The zero-order chi connectivity index (χ0) is 38.6. The van der Waals surface area contributed by atoms with Gasteiger partial charge in [-0.3, -0.25) is 14.3 Å². The number of amides is 1. The number of benzene rings is 1. The molecular weight excluding hydrogens is 674 g/mol. The van der Waals surface area contributed by atoms with Crippen LogP contribution < -0.4 is 5.73 Å². The number of aryl methyl sites for hydroxylation is 1. The fraction of sp³-hybridized carbons (Fsp3) is 0.732. The molecule has 294 valence electrons. The second-order valence-electron chi connectivity index (χ2n) is 16.7. The summed E-state index contributed by atoms with van der Waals surface area (Å²) in [5.41, 5.74) is 6.99. The van der Waals surface area contributed by atoms with Crippen molar-refractivity contribution in [3.05, 3.63) is 30.5 Å². The van der Waals surface area contributed by atoms with E-state index in [4.69, 9.17) is 24.7 Å². The lowest BCUT2D eigenvalue weighted by Gasteiger charge is -2.42. The van der Waals surface area contributed by atoms with Crippen LogP contribution in [-0.4, -0.2) is 80.5 Å². The number of nitrogen functional groups attached to an aromatic ring is 1. The minimum atomic E-state index is -1.25.